The highest BCUT2D eigenvalue weighted by atomic mass is 32.2. The summed E-state index contributed by atoms with van der Waals surface area (Å²) in [5.41, 5.74) is 1.77. The number of hydrogen-bond donors (Lipinski definition) is 1. The van der Waals surface area contributed by atoms with E-state index in [1.54, 1.807) is 41.3 Å². The molecule has 1 aliphatic rings. The second-order valence-corrected chi connectivity index (χ2v) is 7.61. The monoisotopic (exact) mass is 376 g/mol. The summed E-state index contributed by atoms with van der Waals surface area (Å²) in [6.45, 7) is 4.11. The third kappa shape index (κ3) is 3.45. The van der Waals surface area contributed by atoms with Gasteiger partial charge in [-0.3, -0.25) is 9.52 Å². The first kappa shape index (κ1) is 18.1. The van der Waals surface area contributed by atoms with Crippen molar-refractivity contribution in [3.8, 4) is 11.5 Å². The largest absolute Gasteiger partial charge is 0.495 e. The van der Waals surface area contributed by atoms with E-state index in [1.165, 1.54) is 14.0 Å². The lowest BCUT2D eigenvalue weighted by Crippen LogP contribution is -2.36. The number of nitrogens with one attached hydrogen (secondary N) is 1. The Morgan fingerprint density at radius 1 is 1.23 bits per heavy atom. The molecule has 1 amide bonds. The number of fused-ring (bicyclic) bond motifs is 1. The first-order valence-electron chi connectivity index (χ1n) is 8.04. The van der Waals surface area contributed by atoms with Crippen LogP contribution in [0, 0.1) is 6.92 Å². The van der Waals surface area contributed by atoms with Crippen LogP contribution in [0.1, 0.15) is 12.5 Å². The van der Waals surface area contributed by atoms with Crippen molar-refractivity contribution in [1.82, 2.24) is 0 Å². The number of nitrogens with zero attached hydrogens (tertiary/aromatic N) is 1. The van der Waals surface area contributed by atoms with Crippen LogP contribution in [0.25, 0.3) is 0 Å². The lowest BCUT2D eigenvalue weighted by Gasteiger charge is -2.29. The van der Waals surface area contributed by atoms with E-state index in [2.05, 4.69) is 4.72 Å². The summed E-state index contributed by atoms with van der Waals surface area (Å²) in [5, 5.41) is 0. The van der Waals surface area contributed by atoms with E-state index in [9.17, 15) is 13.2 Å². The van der Waals surface area contributed by atoms with E-state index in [4.69, 9.17) is 9.47 Å². The molecule has 138 valence electrons. The molecular formula is C18H20N2O5S. The molecule has 7 nitrogen and oxygen atoms in total. The fourth-order valence-corrected chi connectivity index (χ4v) is 4.12. The minimum Gasteiger partial charge on any atom is -0.495 e. The van der Waals surface area contributed by atoms with Crippen LogP contribution in [-0.4, -0.2) is 34.6 Å². The van der Waals surface area contributed by atoms with Crippen LogP contribution in [0.15, 0.2) is 41.3 Å². The standard InChI is InChI=1S/C18H20N2O5S/c1-12-4-7-16(24-3)18(10-12)26(22,23)19-14-5-6-15-17(11-14)25-9-8-20(15)13(2)21/h4-7,10-11,19H,8-9H2,1-3H3. The number of sulfonamides is 1. The molecule has 0 unspecified atom stereocenters. The van der Waals surface area contributed by atoms with Crippen LogP contribution in [0.4, 0.5) is 11.4 Å². The zero-order valence-electron chi connectivity index (χ0n) is 14.8. The maximum absolute atomic E-state index is 12.8. The predicted octanol–water partition coefficient (Wildman–Crippen LogP) is 2.55. The molecule has 8 heteroatoms. The van der Waals surface area contributed by atoms with Gasteiger partial charge in [0.2, 0.25) is 5.91 Å². The minimum atomic E-state index is -3.85. The molecule has 0 fully saturated rings. The van der Waals surface area contributed by atoms with Gasteiger partial charge in [-0.2, -0.15) is 0 Å². The first-order chi connectivity index (χ1) is 12.3. The Labute approximate surface area is 152 Å². The summed E-state index contributed by atoms with van der Waals surface area (Å²) in [5.74, 6) is 0.635. The van der Waals surface area contributed by atoms with Crippen molar-refractivity contribution >= 4 is 27.3 Å². The number of carbonyl (C=O) groups is 1. The number of ether oxygens (including phenoxy) is 2. The van der Waals surface area contributed by atoms with E-state index < -0.39 is 10.0 Å². The molecule has 2 aromatic carbocycles. The Balaban J connectivity index is 1.94. The fourth-order valence-electron chi connectivity index (χ4n) is 2.81. The number of aryl methyl sites for hydroxylation is 1. The van der Waals surface area contributed by atoms with Crippen LogP contribution in [0.5, 0.6) is 11.5 Å². The molecule has 0 saturated heterocycles. The summed E-state index contributed by atoms with van der Waals surface area (Å²) >= 11 is 0. The molecule has 0 aliphatic carbocycles. The molecule has 2 aromatic rings. The molecule has 0 atom stereocenters. The van der Waals surface area contributed by atoms with E-state index >= 15 is 0 Å². The third-order valence-corrected chi connectivity index (χ3v) is 5.47. The van der Waals surface area contributed by atoms with Crippen molar-refractivity contribution in [3.05, 3.63) is 42.0 Å². The Bertz CT molecular complexity index is 956. The van der Waals surface area contributed by atoms with Gasteiger partial charge in [0.05, 0.1) is 25.0 Å². The van der Waals surface area contributed by atoms with Crippen LogP contribution in [0.3, 0.4) is 0 Å². The molecule has 0 saturated carbocycles. The van der Waals surface area contributed by atoms with Gasteiger partial charge >= 0.3 is 0 Å². The van der Waals surface area contributed by atoms with Gasteiger partial charge in [0, 0.05) is 13.0 Å². The zero-order valence-corrected chi connectivity index (χ0v) is 15.6. The van der Waals surface area contributed by atoms with Gasteiger partial charge in [-0.1, -0.05) is 6.07 Å². The molecule has 1 N–H and O–H groups in total. The second-order valence-electron chi connectivity index (χ2n) is 5.96. The summed E-state index contributed by atoms with van der Waals surface area (Å²) in [6.07, 6.45) is 0. The highest BCUT2D eigenvalue weighted by molar-refractivity contribution is 7.92. The Kier molecular flexibility index (Phi) is 4.78. The maximum atomic E-state index is 12.8. The molecule has 3 rings (SSSR count). The Morgan fingerprint density at radius 3 is 2.69 bits per heavy atom. The summed E-state index contributed by atoms with van der Waals surface area (Å²) < 4.78 is 38.8. The smallest absolute Gasteiger partial charge is 0.265 e. The molecule has 0 spiro atoms. The SMILES string of the molecule is COc1ccc(C)cc1S(=O)(=O)Nc1ccc2c(c1)OCCN2C(C)=O. The molecule has 1 heterocycles. The highest BCUT2D eigenvalue weighted by Crippen LogP contribution is 2.35. The highest BCUT2D eigenvalue weighted by Gasteiger charge is 2.24. The van der Waals surface area contributed by atoms with Gasteiger partial charge in [-0.05, 0) is 36.8 Å². The van der Waals surface area contributed by atoms with Gasteiger partial charge in [0.25, 0.3) is 10.0 Å². The number of benzene rings is 2. The molecule has 0 aromatic heterocycles. The minimum absolute atomic E-state index is 0.0593. The lowest BCUT2D eigenvalue weighted by molar-refractivity contribution is -0.116. The lowest BCUT2D eigenvalue weighted by atomic mass is 10.2. The maximum Gasteiger partial charge on any atom is 0.265 e. The number of carbonyl (C=O) groups excluding carboxylic acids is 1. The van der Waals surface area contributed by atoms with Crippen molar-refractivity contribution in [2.24, 2.45) is 0 Å². The second kappa shape index (κ2) is 6.87. The van der Waals surface area contributed by atoms with Crippen LogP contribution >= 0.6 is 0 Å². The van der Waals surface area contributed by atoms with Crippen molar-refractivity contribution in [3.63, 3.8) is 0 Å². The molecular weight excluding hydrogens is 356 g/mol. The van der Waals surface area contributed by atoms with Crippen LogP contribution in [0.2, 0.25) is 0 Å². The fraction of sp³-hybridized carbons (Fsp3) is 0.278. The quantitative estimate of drug-likeness (QED) is 0.886. The van der Waals surface area contributed by atoms with E-state index in [0.717, 1.165) is 5.56 Å². The van der Waals surface area contributed by atoms with Crippen molar-refractivity contribution in [2.75, 3.05) is 29.9 Å². The van der Waals surface area contributed by atoms with Gasteiger partial charge in [0.15, 0.2) is 0 Å². The summed E-state index contributed by atoms with van der Waals surface area (Å²) in [7, 11) is -2.42. The van der Waals surface area contributed by atoms with Gasteiger partial charge in [0.1, 0.15) is 23.0 Å². The van der Waals surface area contributed by atoms with Gasteiger partial charge in [-0.25, -0.2) is 8.42 Å². The predicted molar refractivity (Wildman–Crippen MR) is 98.5 cm³/mol. The average Bonchev–Trinajstić information content (AvgIpc) is 2.60. The molecule has 0 bridgehead atoms. The van der Waals surface area contributed by atoms with Gasteiger partial charge in [-0.15, -0.1) is 0 Å². The van der Waals surface area contributed by atoms with Crippen molar-refractivity contribution in [2.45, 2.75) is 18.7 Å². The van der Waals surface area contributed by atoms with Crippen molar-refractivity contribution < 1.29 is 22.7 Å². The topological polar surface area (TPSA) is 84.9 Å². The number of anilines is 2. The van der Waals surface area contributed by atoms with E-state index in [0.29, 0.717) is 30.3 Å². The Hall–Kier alpha value is -2.74. The van der Waals surface area contributed by atoms with Gasteiger partial charge < -0.3 is 14.4 Å². The average molecular weight is 376 g/mol. The number of rotatable bonds is 4. The molecule has 1 aliphatic heterocycles. The zero-order chi connectivity index (χ0) is 18.9. The van der Waals surface area contributed by atoms with Crippen LogP contribution < -0.4 is 19.1 Å². The number of hydrogen-bond acceptors (Lipinski definition) is 5. The number of amides is 1. The first-order valence-corrected chi connectivity index (χ1v) is 9.52. The molecule has 0 radical (unpaired) electrons. The Morgan fingerprint density at radius 2 is 2.00 bits per heavy atom. The molecule has 26 heavy (non-hydrogen) atoms. The van der Waals surface area contributed by atoms with E-state index in [1.807, 2.05) is 6.92 Å². The summed E-state index contributed by atoms with van der Waals surface area (Å²) in [4.78, 5) is 13.4. The normalized spacial score (nSPS) is 13.6. The third-order valence-electron chi connectivity index (χ3n) is 4.06. The van der Waals surface area contributed by atoms with Crippen LogP contribution in [-0.2, 0) is 14.8 Å². The van der Waals surface area contributed by atoms with E-state index in [-0.39, 0.29) is 16.6 Å². The summed E-state index contributed by atoms with van der Waals surface area (Å²) in [6, 6.07) is 9.79. The number of methoxy groups -OCH3 is 1. The van der Waals surface area contributed by atoms with Crippen molar-refractivity contribution in [1.29, 1.82) is 0 Å².